The number of carboxylic acids is 1. The number of aryl methyl sites for hydroxylation is 2. The number of carboxylic acid groups (broad SMARTS) is 1. The largest absolute Gasteiger partial charge is 0.481 e. The Morgan fingerprint density at radius 1 is 1.16 bits per heavy atom. The third-order valence-electron chi connectivity index (χ3n) is 6.41. The number of benzene rings is 1. The standard InChI is InChI=1S/C27H31F3N2O4S/c1-15(2)10-21(32-13-19(27(28,29)30)8-9-23(32)33)26(36)31-20(12-24(34)35)18-11-22(37-14-18)25-16(3)6-5-7-17(25)4/h5-9,13-15,20-22H,10-12H2,1-4H3,(H,31,36)(H,34,35)/t20-,21-,22?/m0/s1. The molecule has 200 valence electrons. The first kappa shape index (κ1) is 28.6. The lowest BCUT2D eigenvalue weighted by Gasteiger charge is -2.26. The number of hydrogen-bond acceptors (Lipinski definition) is 4. The molecule has 2 aromatic rings. The number of thioether (sulfide) groups is 1. The molecule has 0 bridgehead atoms. The van der Waals surface area contributed by atoms with Gasteiger partial charge in [0.1, 0.15) is 6.04 Å². The molecule has 1 unspecified atom stereocenters. The van der Waals surface area contributed by atoms with Gasteiger partial charge in [0.2, 0.25) is 5.91 Å². The smallest absolute Gasteiger partial charge is 0.417 e. The zero-order valence-corrected chi connectivity index (χ0v) is 21.9. The van der Waals surface area contributed by atoms with Gasteiger partial charge in [0, 0.05) is 17.5 Å². The van der Waals surface area contributed by atoms with Crippen molar-refractivity contribution in [2.45, 2.75) is 70.5 Å². The lowest BCUT2D eigenvalue weighted by molar-refractivity contribution is -0.139. The van der Waals surface area contributed by atoms with Crippen LogP contribution >= 0.6 is 11.8 Å². The summed E-state index contributed by atoms with van der Waals surface area (Å²) in [7, 11) is 0. The molecule has 3 rings (SSSR count). The summed E-state index contributed by atoms with van der Waals surface area (Å²) in [5.41, 5.74) is 2.34. The number of halogens is 3. The average molecular weight is 537 g/mol. The van der Waals surface area contributed by atoms with Crippen LogP contribution in [0.25, 0.3) is 0 Å². The van der Waals surface area contributed by atoms with Gasteiger partial charge in [-0.15, -0.1) is 11.8 Å². The minimum atomic E-state index is -4.69. The maximum Gasteiger partial charge on any atom is 0.417 e. The van der Waals surface area contributed by atoms with E-state index in [-0.39, 0.29) is 24.0 Å². The molecule has 6 nitrogen and oxygen atoms in total. The van der Waals surface area contributed by atoms with Crippen molar-refractivity contribution in [1.82, 2.24) is 9.88 Å². The summed E-state index contributed by atoms with van der Waals surface area (Å²) in [5, 5.41) is 14.2. The molecule has 10 heteroatoms. The maximum absolute atomic E-state index is 13.4. The van der Waals surface area contributed by atoms with E-state index in [1.54, 1.807) is 25.6 Å². The zero-order chi connectivity index (χ0) is 27.5. The van der Waals surface area contributed by atoms with Gasteiger partial charge in [-0.05, 0) is 66.3 Å². The van der Waals surface area contributed by atoms with Gasteiger partial charge < -0.3 is 15.0 Å². The molecule has 2 heterocycles. The SMILES string of the molecule is Cc1cccc(C)c1C1CC([C@H](CC(=O)O)NC(=O)[C@H](CC(C)C)n2cc(C(F)(F)F)ccc2=O)=CS1. The van der Waals surface area contributed by atoms with Crippen LogP contribution < -0.4 is 10.9 Å². The number of nitrogens with one attached hydrogen (secondary N) is 1. The number of aromatic nitrogens is 1. The van der Waals surface area contributed by atoms with Crippen molar-refractivity contribution in [2.24, 2.45) is 5.92 Å². The number of aliphatic carboxylic acids is 1. The highest BCUT2D eigenvalue weighted by molar-refractivity contribution is 8.02. The minimum Gasteiger partial charge on any atom is -0.481 e. The van der Waals surface area contributed by atoms with E-state index in [0.717, 1.165) is 32.9 Å². The monoisotopic (exact) mass is 536 g/mol. The Kier molecular flexibility index (Phi) is 8.94. The van der Waals surface area contributed by atoms with Gasteiger partial charge in [0.05, 0.1) is 18.0 Å². The number of amides is 1. The maximum atomic E-state index is 13.4. The molecule has 0 aliphatic carbocycles. The van der Waals surface area contributed by atoms with Crippen molar-refractivity contribution in [3.63, 3.8) is 0 Å². The van der Waals surface area contributed by atoms with Gasteiger partial charge in [0.25, 0.3) is 5.56 Å². The van der Waals surface area contributed by atoms with Crippen molar-refractivity contribution in [2.75, 3.05) is 0 Å². The molecule has 1 aliphatic heterocycles. The molecule has 37 heavy (non-hydrogen) atoms. The number of carbonyl (C=O) groups excluding carboxylic acids is 1. The van der Waals surface area contributed by atoms with Crippen molar-refractivity contribution >= 4 is 23.6 Å². The fraction of sp³-hybridized carbons (Fsp3) is 0.444. The summed E-state index contributed by atoms with van der Waals surface area (Å²) in [5.74, 6) is -1.93. The molecule has 1 amide bonds. The minimum absolute atomic E-state index is 0.0574. The molecular formula is C27H31F3N2O4S. The number of rotatable bonds is 9. The summed E-state index contributed by atoms with van der Waals surface area (Å²) in [4.78, 5) is 37.6. The van der Waals surface area contributed by atoms with Crippen LogP contribution in [0.4, 0.5) is 13.2 Å². The lowest BCUT2D eigenvalue weighted by atomic mass is 9.93. The van der Waals surface area contributed by atoms with E-state index < -0.39 is 41.3 Å². The van der Waals surface area contributed by atoms with Gasteiger partial charge in [-0.1, -0.05) is 32.0 Å². The fourth-order valence-electron chi connectivity index (χ4n) is 4.64. The highest BCUT2D eigenvalue weighted by atomic mass is 32.2. The topological polar surface area (TPSA) is 88.4 Å². The molecule has 3 atom stereocenters. The van der Waals surface area contributed by atoms with E-state index in [1.165, 1.54) is 0 Å². The van der Waals surface area contributed by atoms with Crippen LogP contribution in [0.1, 0.15) is 66.7 Å². The normalized spacial score (nSPS) is 17.4. The molecule has 1 aliphatic rings. The van der Waals surface area contributed by atoms with Crippen molar-refractivity contribution in [1.29, 1.82) is 0 Å². The van der Waals surface area contributed by atoms with Gasteiger partial charge in [-0.25, -0.2) is 0 Å². The van der Waals surface area contributed by atoms with Gasteiger partial charge in [-0.3, -0.25) is 14.4 Å². The van der Waals surface area contributed by atoms with E-state index in [0.29, 0.717) is 18.7 Å². The summed E-state index contributed by atoms with van der Waals surface area (Å²) in [6.45, 7) is 7.61. The van der Waals surface area contributed by atoms with Gasteiger partial charge >= 0.3 is 12.1 Å². The second-order valence-corrected chi connectivity index (χ2v) is 10.9. The first-order chi connectivity index (χ1) is 17.3. The number of pyridine rings is 1. The second-order valence-electron chi connectivity index (χ2n) is 9.79. The summed E-state index contributed by atoms with van der Waals surface area (Å²) in [6, 6.07) is 5.40. The van der Waals surface area contributed by atoms with Crippen LogP contribution in [0, 0.1) is 19.8 Å². The van der Waals surface area contributed by atoms with Crippen LogP contribution in [0.5, 0.6) is 0 Å². The Morgan fingerprint density at radius 2 is 1.81 bits per heavy atom. The Balaban J connectivity index is 1.89. The quantitative estimate of drug-likeness (QED) is 0.423. The molecular weight excluding hydrogens is 505 g/mol. The van der Waals surface area contributed by atoms with Crippen LogP contribution in [0.3, 0.4) is 0 Å². The number of carbonyl (C=O) groups is 2. The number of nitrogens with zero attached hydrogens (tertiary/aromatic N) is 1. The van der Waals surface area contributed by atoms with E-state index in [1.807, 2.05) is 37.5 Å². The molecule has 0 fully saturated rings. The van der Waals surface area contributed by atoms with Crippen LogP contribution in [-0.4, -0.2) is 27.6 Å². The van der Waals surface area contributed by atoms with E-state index >= 15 is 0 Å². The van der Waals surface area contributed by atoms with E-state index in [4.69, 9.17) is 0 Å². The number of hydrogen-bond donors (Lipinski definition) is 2. The highest BCUT2D eigenvalue weighted by Gasteiger charge is 2.34. The summed E-state index contributed by atoms with van der Waals surface area (Å²) in [6.07, 6.45) is -3.79. The highest BCUT2D eigenvalue weighted by Crippen LogP contribution is 2.45. The Morgan fingerprint density at radius 3 is 2.38 bits per heavy atom. The predicted octanol–water partition coefficient (Wildman–Crippen LogP) is 5.79. The third kappa shape index (κ3) is 7.06. The number of alkyl halides is 3. The summed E-state index contributed by atoms with van der Waals surface area (Å²) < 4.78 is 40.8. The Bertz CT molecular complexity index is 1230. The van der Waals surface area contributed by atoms with Crippen molar-refractivity contribution < 1.29 is 27.9 Å². The predicted molar refractivity (Wildman–Crippen MR) is 137 cm³/mol. The molecule has 0 saturated heterocycles. The third-order valence-corrected chi connectivity index (χ3v) is 7.58. The second kappa shape index (κ2) is 11.6. The van der Waals surface area contributed by atoms with Crippen molar-refractivity contribution in [3.05, 3.63) is 80.1 Å². The molecule has 2 N–H and O–H groups in total. The van der Waals surface area contributed by atoms with E-state index in [9.17, 15) is 32.7 Å². The fourth-order valence-corrected chi connectivity index (χ4v) is 6.03. The molecule has 0 radical (unpaired) electrons. The zero-order valence-electron chi connectivity index (χ0n) is 21.1. The average Bonchev–Trinajstić information content (AvgIpc) is 3.26. The Labute approximate surface area is 218 Å². The van der Waals surface area contributed by atoms with Gasteiger partial charge in [0.15, 0.2) is 0 Å². The first-order valence-corrected chi connectivity index (χ1v) is 12.9. The van der Waals surface area contributed by atoms with E-state index in [2.05, 4.69) is 5.32 Å². The van der Waals surface area contributed by atoms with Gasteiger partial charge in [-0.2, -0.15) is 13.2 Å². The molecule has 1 aromatic carbocycles. The molecule has 0 spiro atoms. The van der Waals surface area contributed by atoms with Crippen LogP contribution in [-0.2, 0) is 15.8 Å². The molecule has 0 saturated carbocycles. The Hall–Kier alpha value is -3.01. The first-order valence-electron chi connectivity index (χ1n) is 12.0. The van der Waals surface area contributed by atoms with Crippen LogP contribution in [0.15, 0.2) is 52.3 Å². The summed E-state index contributed by atoms with van der Waals surface area (Å²) >= 11 is 1.55. The van der Waals surface area contributed by atoms with Crippen molar-refractivity contribution in [3.8, 4) is 0 Å². The molecule has 1 aromatic heterocycles. The lowest BCUT2D eigenvalue weighted by Crippen LogP contribution is -2.44. The van der Waals surface area contributed by atoms with Crippen LogP contribution in [0.2, 0.25) is 0 Å².